The van der Waals surface area contributed by atoms with Gasteiger partial charge in [0.15, 0.2) is 0 Å². The van der Waals surface area contributed by atoms with Crippen molar-refractivity contribution < 1.29 is 4.79 Å². The van der Waals surface area contributed by atoms with Crippen molar-refractivity contribution in [2.75, 3.05) is 6.54 Å². The molecule has 0 atom stereocenters. The maximum Gasteiger partial charge on any atom is 0.315 e. The van der Waals surface area contributed by atoms with E-state index >= 15 is 0 Å². The second-order valence-corrected chi connectivity index (χ2v) is 4.42. The first-order valence-corrected chi connectivity index (χ1v) is 6.75. The molecule has 21 heavy (non-hydrogen) atoms. The minimum absolute atomic E-state index is 0.244. The van der Waals surface area contributed by atoms with Crippen LogP contribution in [0.3, 0.4) is 0 Å². The molecule has 2 N–H and O–H groups in total. The average molecular weight is 282 g/mol. The van der Waals surface area contributed by atoms with Gasteiger partial charge in [-0.25, -0.2) is 9.78 Å². The summed E-state index contributed by atoms with van der Waals surface area (Å²) in [5.41, 5.74) is 1.19. The second kappa shape index (κ2) is 7.75. The van der Waals surface area contributed by atoms with Crippen LogP contribution in [-0.4, -0.2) is 22.1 Å². The SMILES string of the molecule is CC#CCNC(=O)NCc1nccn1Cc1ccccc1. The highest BCUT2D eigenvalue weighted by atomic mass is 16.2. The summed E-state index contributed by atoms with van der Waals surface area (Å²) in [6.07, 6.45) is 3.64. The average Bonchev–Trinajstić information content (AvgIpc) is 2.94. The van der Waals surface area contributed by atoms with Crippen molar-refractivity contribution in [3.05, 3.63) is 54.1 Å². The van der Waals surface area contributed by atoms with E-state index in [9.17, 15) is 4.79 Å². The molecule has 0 radical (unpaired) electrons. The number of nitrogens with one attached hydrogen (secondary N) is 2. The normalized spacial score (nSPS) is 9.57. The Kier molecular flexibility index (Phi) is 5.41. The van der Waals surface area contributed by atoms with E-state index in [4.69, 9.17) is 0 Å². The molecule has 2 amide bonds. The van der Waals surface area contributed by atoms with E-state index in [0.717, 1.165) is 12.4 Å². The van der Waals surface area contributed by atoms with Gasteiger partial charge in [-0.05, 0) is 12.5 Å². The van der Waals surface area contributed by atoms with Gasteiger partial charge in [-0.15, -0.1) is 5.92 Å². The van der Waals surface area contributed by atoms with E-state index in [1.807, 2.05) is 29.0 Å². The van der Waals surface area contributed by atoms with Crippen LogP contribution in [0.2, 0.25) is 0 Å². The van der Waals surface area contributed by atoms with E-state index in [-0.39, 0.29) is 6.03 Å². The van der Waals surface area contributed by atoms with Gasteiger partial charge < -0.3 is 15.2 Å². The van der Waals surface area contributed by atoms with E-state index < -0.39 is 0 Å². The van der Waals surface area contributed by atoms with Gasteiger partial charge in [0.05, 0.1) is 13.1 Å². The molecule has 2 aromatic rings. The summed E-state index contributed by atoms with van der Waals surface area (Å²) in [5, 5.41) is 5.42. The van der Waals surface area contributed by atoms with Crippen LogP contribution in [0.15, 0.2) is 42.7 Å². The van der Waals surface area contributed by atoms with E-state index in [1.54, 1.807) is 13.1 Å². The van der Waals surface area contributed by atoms with Crippen LogP contribution in [0, 0.1) is 11.8 Å². The summed E-state index contributed by atoms with van der Waals surface area (Å²) in [6, 6.07) is 9.88. The topological polar surface area (TPSA) is 59.0 Å². The van der Waals surface area contributed by atoms with Crippen LogP contribution >= 0.6 is 0 Å². The molecule has 0 bridgehead atoms. The fourth-order valence-corrected chi connectivity index (χ4v) is 1.87. The molecule has 0 aliphatic rings. The van der Waals surface area contributed by atoms with Crippen LogP contribution in [0.1, 0.15) is 18.3 Å². The Balaban J connectivity index is 1.88. The molecule has 2 rings (SSSR count). The molecule has 5 nitrogen and oxygen atoms in total. The number of hydrogen-bond donors (Lipinski definition) is 2. The van der Waals surface area contributed by atoms with Gasteiger partial charge in [0, 0.05) is 18.9 Å². The van der Waals surface area contributed by atoms with Crippen LogP contribution in [0.5, 0.6) is 0 Å². The zero-order valence-electron chi connectivity index (χ0n) is 12.0. The Morgan fingerprint density at radius 3 is 2.86 bits per heavy atom. The zero-order valence-corrected chi connectivity index (χ0v) is 12.0. The smallest absolute Gasteiger partial charge is 0.315 e. The Morgan fingerprint density at radius 1 is 1.29 bits per heavy atom. The van der Waals surface area contributed by atoms with Crippen molar-refractivity contribution >= 4 is 6.03 Å². The lowest BCUT2D eigenvalue weighted by Gasteiger charge is -2.09. The predicted octanol–water partition coefficient (Wildman–Crippen LogP) is 1.75. The summed E-state index contributed by atoms with van der Waals surface area (Å²) in [6.45, 7) is 3.20. The van der Waals surface area contributed by atoms with Crippen LogP contribution < -0.4 is 10.6 Å². The van der Waals surface area contributed by atoms with E-state index in [0.29, 0.717) is 13.1 Å². The number of rotatable bonds is 5. The first-order valence-electron chi connectivity index (χ1n) is 6.75. The fraction of sp³-hybridized carbons (Fsp3) is 0.250. The number of hydrogen-bond acceptors (Lipinski definition) is 2. The van der Waals surface area contributed by atoms with Crippen molar-refractivity contribution in [2.45, 2.75) is 20.0 Å². The van der Waals surface area contributed by atoms with Crippen molar-refractivity contribution in [2.24, 2.45) is 0 Å². The molecule has 0 saturated carbocycles. The molecule has 1 aromatic heterocycles. The highest BCUT2D eigenvalue weighted by Gasteiger charge is 2.05. The molecule has 0 aliphatic heterocycles. The van der Waals surface area contributed by atoms with Gasteiger partial charge in [0.2, 0.25) is 0 Å². The third kappa shape index (κ3) is 4.69. The summed E-state index contributed by atoms with van der Waals surface area (Å²) < 4.78 is 2.02. The van der Waals surface area contributed by atoms with Gasteiger partial charge in [0.25, 0.3) is 0 Å². The molecule has 5 heteroatoms. The Hall–Kier alpha value is -2.74. The number of amides is 2. The van der Waals surface area contributed by atoms with Gasteiger partial charge in [-0.3, -0.25) is 0 Å². The number of carbonyl (C=O) groups is 1. The summed E-state index contributed by atoms with van der Waals surface area (Å²) in [4.78, 5) is 15.8. The monoisotopic (exact) mass is 282 g/mol. The van der Waals surface area contributed by atoms with Crippen molar-refractivity contribution in [1.82, 2.24) is 20.2 Å². The van der Waals surface area contributed by atoms with Crippen LogP contribution in [0.25, 0.3) is 0 Å². The maximum atomic E-state index is 11.6. The lowest BCUT2D eigenvalue weighted by molar-refractivity contribution is 0.241. The Morgan fingerprint density at radius 2 is 2.10 bits per heavy atom. The van der Waals surface area contributed by atoms with E-state index in [1.165, 1.54) is 5.56 Å². The van der Waals surface area contributed by atoms with Crippen molar-refractivity contribution in [1.29, 1.82) is 0 Å². The molecule has 0 unspecified atom stereocenters. The van der Waals surface area contributed by atoms with Gasteiger partial charge in [-0.1, -0.05) is 36.3 Å². The molecular formula is C16H18N4O. The lowest BCUT2D eigenvalue weighted by atomic mass is 10.2. The number of benzene rings is 1. The first-order chi connectivity index (χ1) is 10.3. The quantitative estimate of drug-likeness (QED) is 0.821. The molecular weight excluding hydrogens is 264 g/mol. The molecule has 0 aliphatic carbocycles. The lowest BCUT2D eigenvalue weighted by Crippen LogP contribution is -2.35. The van der Waals surface area contributed by atoms with E-state index in [2.05, 4.69) is 39.6 Å². The van der Waals surface area contributed by atoms with Gasteiger partial charge >= 0.3 is 6.03 Å². The summed E-state index contributed by atoms with van der Waals surface area (Å²) >= 11 is 0. The summed E-state index contributed by atoms with van der Waals surface area (Å²) in [5.74, 6) is 6.31. The minimum atomic E-state index is -0.244. The molecule has 108 valence electrons. The molecule has 0 saturated heterocycles. The third-order valence-electron chi connectivity index (χ3n) is 2.92. The Bertz CT molecular complexity index is 637. The minimum Gasteiger partial charge on any atom is -0.331 e. The highest BCUT2D eigenvalue weighted by molar-refractivity contribution is 5.73. The highest BCUT2D eigenvalue weighted by Crippen LogP contribution is 2.05. The first kappa shape index (κ1) is 14.7. The second-order valence-electron chi connectivity index (χ2n) is 4.42. The number of urea groups is 1. The largest absolute Gasteiger partial charge is 0.331 e. The third-order valence-corrected chi connectivity index (χ3v) is 2.92. The molecule has 1 aromatic carbocycles. The molecule has 1 heterocycles. The number of carbonyl (C=O) groups excluding carboxylic acids is 1. The fourth-order valence-electron chi connectivity index (χ4n) is 1.87. The summed E-state index contributed by atoms with van der Waals surface area (Å²) in [7, 11) is 0. The maximum absolute atomic E-state index is 11.6. The zero-order chi connectivity index (χ0) is 14.9. The van der Waals surface area contributed by atoms with Gasteiger partial charge in [0.1, 0.15) is 5.82 Å². The number of aromatic nitrogens is 2. The number of imidazole rings is 1. The predicted molar refractivity (Wildman–Crippen MR) is 81.5 cm³/mol. The van der Waals surface area contributed by atoms with Crippen LogP contribution in [0.4, 0.5) is 4.79 Å². The van der Waals surface area contributed by atoms with Crippen LogP contribution in [-0.2, 0) is 13.1 Å². The van der Waals surface area contributed by atoms with Crippen molar-refractivity contribution in [3.63, 3.8) is 0 Å². The Labute approximate surface area is 124 Å². The molecule has 0 spiro atoms. The van der Waals surface area contributed by atoms with Gasteiger partial charge in [-0.2, -0.15) is 0 Å². The number of nitrogens with zero attached hydrogens (tertiary/aromatic N) is 2. The standard InChI is InChI=1S/C16H18N4O/c1-2-3-9-18-16(21)19-12-15-17-10-11-20(15)13-14-7-5-4-6-8-14/h4-8,10-11H,9,12-13H2,1H3,(H2,18,19,21). The van der Waals surface area contributed by atoms with Crippen molar-refractivity contribution in [3.8, 4) is 11.8 Å². The molecule has 0 fully saturated rings.